The number of sulfone groups is 1. The lowest BCUT2D eigenvalue weighted by Crippen LogP contribution is -2.49. The molecular weight excluding hydrogens is 446 g/mol. The molecule has 1 saturated heterocycles. The van der Waals surface area contributed by atoms with Gasteiger partial charge >= 0.3 is 0 Å². The van der Waals surface area contributed by atoms with Crippen LogP contribution in [0.3, 0.4) is 0 Å². The number of rotatable bonds is 5. The van der Waals surface area contributed by atoms with Crippen LogP contribution in [0.1, 0.15) is 20.3 Å². The number of fused-ring (bicyclic) bond motifs is 1. The average molecular weight is 474 g/mol. The summed E-state index contributed by atoms with van der Waals surface area (Å²) < 4.78 is 26.2. The Bertz CT molecular complexity index is 1110. The first kappa shape index (κ1) is 22.7. The van der Waals surface area contributed by atoms with E-state index in [0.29, 0.717) is 18.8 Å². The van der Waals surface area contributed by atoms with Gasteiger partial charge in [0.1, 0.15) is 0 Å². The van der Waals surface area contributed by atoms with E-state index in [9.17, 15) is 18.0 Å². The molecule has 170 valence electrons. The minimum atomic E-state index is -3.71. The molecule has 0 aliphatic carbocycles. The van der Waals surface area contributed by atoms with Gasteiger partial charge in [-0.1, -0.05) is 18.2 Å². The highest BCUT2D eigenvalue weighted by Crippen LogP contribution is 2.37. The lowest BCUT2D eigenvalue weighted by molar-refractivity contribution is -0.131. The summed E-state index contributed by atoms with van der Waals surface area (Å²) >= 11 is 1.40. The minimum absolute atomic E-state index is 0.0666. The van der Waals surface area contributed by atoms with Gasteiger partial charge in [-0.15, -0.1) is 11.8 Å². The Morgan fingerprint density at radius 2 is 1.81 bits per heavy atom. The van der Waals surface area contributed by atoms with Crippen LogP contribution in [0.15, 0.2) is 58.3 Å². The highest BCUT2D eigenvalue weighted by atomic mass is 32.2. The molecule has 2 atom stereocenters. The van der Waals surface area contributed by atoms with Crippen molar-refractivity contribution in [3.05, 3.63) is 48.5 Å². The number of hydrogen-bond acceptors (Lipinski definition) is 6. The number of thioether (sulfide) groups is 1. The molecule has 9 heteroatoms. The number of nitrogens with one attached hydrogen (secondary N) is 1. The number of anilines is 2. The fourth-order valence-electron chi connectivity index (χ4n) is 3.93. The van der Waals surface area contributed by atoms with Gasteiger partial charge in [-0.25, -0.2) is 8.42 Å². The first-order valence-corrected chi connectivity index (χ1v) is 13.1. The maximum Gasteiger partial charge on any atom is 0.237 e. The Kier molecular flexibility index (Phi) is 6.48. The summed E-state index contributed by atoms with van der Waals surface area (Å²) in [6, 6.07) is 14.8. The van der Waals surface area contributed by atoms with Crippen LogP contribution in [0.5, 0.6) is 0 Å². The Labute approximate surface area is 193 Å². The lowest BCUT2D eigenvalue weighted by Gasteiger charge is -2.36. The molecule has 0 unspecified atom stereocenters. The first-order chi connectivity index (χ1) is 15.3. The van der Waals surface area contributed by atoms with Crippen molar-refractivity contribution in [2.24, 2.45) is 0 Å². The molecule has 2 amide bonds. The van der Waals surface area contributed by atoms with Crippen molar-refractivity contribution in [2.75, 3.05) is 36.4 Å². The molecule has 0 aromatic heterocycles. The highest BCUT2D eigenvalue weighted by Gasteiger charge is 2.31. The number of hydrogen-bond donors (Lipinski definition) is 1. The van der Waals surface area contributed by atoms with Crippen molar-refractivity contribution < 1.29 is 18.0 Å². The zero-order chi connectivity index (χ0) is 22.9. The predicted octanol–water partition coefficient (Wildman–Crippen LogP) is 3.02. The molecule has 2 heterocycles. The molecule has 1 N–H and O–H groups in total. The second kappa shape index (κ2) is 9.15. The van der Waals surface area contributed by atoms with Crippen LogP contribution < -0.4 is 10.2 Å². The summed E-state index contributed by atoms with van der Waals surface area (Å²) in [5.74, 6) is -0.292. The normalized spacial score (nSPS) is 19.8. The van der Waals surface area contributed by atoms with E-state index in [1.165, 1.54) is 17.8 Å². The van der Waals surface area contributed by atoms with Gasteiger partial charge in [0.25, 0.3) is 0 Å². The van der Waals surface area contributed by atoms with E-state index in [1.807, 2.05) is 30.3 Å². The fraction of sp³-hybridized carbons (Fsp3) is 0.391. The molecule has 32 heavy (non-hydrogen) atoms. The molecule has 2 aromatic carbocycles. The molecule has 2 aliphatic rings. The van der Waals surface area contributed by atoms with Gasteiger partial charge in [0.15, 0.2) is 9.84 Å². The fourth-order valence-corrected chi connectivity index (χ4v) is 6.23. The van der Waals surface area contributed by atoms with Gasteiger partial charge in [0.05, 0.1) is 21.1 Å². The van der Waals surface area contributed by atoms with Crippen LogP contribution in [0.4, 0.5) is 11.4 Å². The number of benzene rings is 2. The molecule has 0 bridgehead atoms. The van der Waals surface area contributed by atoms with Crippen LogP contribution in [-0.4, -0.2) is 61.8 Å². The van der Waals surface area contributed by atoms with Gasteiger partial charge in [0.2, 0.25) is 11.8 Å². The standard InChI is InChI=1S/C23H27N3O4S2/c1-16(14-22(27)26-12-10-25(11-13-26)18-6-4-3-5-7-18)32(29,30)19-8-9-21-20(15-19)24-23(28)17(2)31-21/h3-9,15-17H,10-14H2,1-2H3,(H,24,28)/t16-,17-/m1/s1. The Morgan fingerprint density at radius 3 is 2.50 bits per heavy atom. The number of para-hydroxylation sites is 1. The molecular formula is C23H27N3O4S2. The number of amides is 2. The zero-order valence-electron chi connectivity index (χ0n) is 18.2. The average Bonchev–Trinajstić information content (AvgIpc) is 2.80. The van der Waals surface area contributed by atoms with E-state index < -0.39 is 15.1 Å². The topological polar surface area (TPSA) is 86.8 Å². The summed E-state index contributed by atoms with van der Waals surface area (Å²) in [6.07, 6.45) is -0.0666. The van der Waals surface area contributed by atoms with E-state index >= 15 is 0 Å². The number of carbonyl (C=O) groups excluding carboxylic acids is 2. The van der Waals surface area contributed by atoms with Crippen LogP contribution in [0, 0.1) is 0 Å². The van der Waals surface area contributed by atoms with Crippen LogP contribution in [-0.2, 0) is 19.4 Å². The second-order valence-electron chi connectivity index (χ2n) is 8.17. The molecule has 7 nitrogen and oxygen atoms in total. The van der Waals surface area contributed by atoms with Crippen molar-refractivity contribution in [3.63, 3.8) is 0 Å². The summed E-state index contributed by atoms with van der Waals surface area (Å²) in [6.45, 7) is 5.96. The van der Waals surface area contributed by atoms with Gasteiger partial charge < -0.3 is 15.1 Å². The van der Waals surface area contributed by atoms with E-state index in [2.05, 4.69) is 10.2 Å². The van der Waals surface area contributed by atoms with E-state index in [4.69, 9.17) is 0 Å². The maximum absolute atomic E-state index is 13.1. The molecule has 4 rings (SSSR count). The molecule has 1 fully saturated rings. The van der Waals surface area contributed by atoms with Crippen molar-refractivity contribution in [3.8, 4) is 0 Å². The molecule has 2 aliphatic heterocycles. The third-order valence-corrected chi connectivity index (χ3v) is 9.27. The maximum atomic E-state index is 13.1. The van der Waals surface area contributed by atoms with Crippen molar-refractivity contribution in [1.29, 1.82) is 0 Å². The molecule has 0 saturated carbocycles. The molecule has 0 spiro atoms. The number of piperazine rings is 1. The molecule has 0 radical (unpaired) electrons. The van der Waals surface area contributed by atoms with Gasteiger partial charge in [-0.3, -0.25) is 9.59 Å². The summed E-state index contributed by atoms with van der Waals surface area (Å²) in [4.78, 5) is 29.7. The quantitative estimate of drug-likeness (QED) is 0.718. The van der Waals surface area contributed by atoms with Crippen LogP contribution >= 0.6 is 11.8 Å². The zero-order valence-corrected chi connectivity index (χ0v) is 19.8. The summed E-state index contributed by atoms with van der Waals surface area (Å²) in [5.41, 5.74) is 1.64. The Morgan fingerprint density at radius 1 is 1.12 bits per heavy atom. The third kappa shape index (κ3) is 4.63. The van der Waals surface area contributed by atoms with Crippen molar-refractivity contribution >= 4 is 44.8 Å². The second-order valence-corrected chi connectivity index (χ2v) is 11.9. The Hall–Kier alpha value is -2.52. The summed E-state index contributed by atoms with van der Waals surface area (Å²) in [7, 11) is -3.71. The van der Waals surface area contributed by atoms with Crippen LogP contribution in [0.2, 0.25) is 0 Å². The van der Waals surface area contributed by atoms with Gasteiger partial charge in [-0.2, -0.15) is 0 Å². The number of nitrogens with zero attached hydrogens (tertiary/aromatic N) is 2. The summed E-state index contributed by atoms with van der Waals surface area (Å²) in [5, 5.41) is 1.69. The predicted molar refractivity (Wildman–Crippen MR) is 127 cm³/mol. The van der Waals surface area contributed by atoms with E-state index in [1.54, 1.807) is 30.9 Å². The minimum Gasteiger partial charge on any atom is -0.368 e. The van der Waals surface area contributed by atoms with Gasteiger partial charge in [0, 0.05) is 43.2 Å². The van der Waals surface area contributed by atoms with E-state index in [-0.39, 0.29) is 28.4 Å². The monoisotopic (exact) mass is 473 g/mol. The van der Waals surface area contributed by atoms with E-state index in [0.717, 1.165) is 23.7 Å². The smallest absolute Gasteiger partial charge is 0.237 e. The van der Waals surface area contributed by atoms with Crippen molar-refractivity contribution in [1.82, 2.24) is 4.90 Å². The Balaban J connectivity index is 1.39. The SMILES string of the molecule is C[C@H](CC(=O)N1CCN(c2ccccc2)CC1)S(=O)(=O)c1ccc2c(c1)NC(=O)[C@@H](C)S2. The van der Waals surface area contributed by atoms with Crippen LogP contribution in [0.25, 0.3) is 0 Å². The largest absolute Gasteiger partial charge is 0.368 e. The lowest BCUT2D eigenvalue weighted by atomic mass is 10.2. The number of carbonyl (C=O) groups is 2. The van der Waals surface area contributed by atoms with Gasteiger partial charge in [-0.05, 0) is 44.2 Å². The third-order valence-electron chi connectivity index (χ3n) is 5.96. The highest BCUT2D eigenvalue weighted by molar-refractivity contribution is 8.01. The van der Waals surface area contributed by atoms with Crippen molar-refractivity contribution in [2.45, 2.75) is 40.6 Å². The molecule has 2 aromatic rings. The first-order valence-electron chi connectivity index (χ1n) is 10.7.